The molecule has 0 saturated carbocycles. The zero-order valence-electron chi connectivity index (χ0n) is 11.4. The highest BCUT2D eigenvalue weighted by Crippen LogP contribution is 2.20. The van der Waals surface area contributed by atoms with Crippen LogP contribution in [0.2, 0.25) is 0 Å². The third-order valence-electron chi connectivity index (χ3n) is 3.28. The van der Waals surface area contributed by atoms with E-state index in [-0.39, 0.29) is 0 Å². The van der Waals surface area contributed by atoms with Gasteiger partial charge in [-0.1, -0.05) is 13.3 Å². The van der Waals surface area contributed by atoms with Crippen molar-refractivity contribution in [3.05, 3.63) is 38.9 Å². The fraction of sp³-hybridized carbons (Fsp3) is 0.500. The molecule has 0 amide bonds. The minimum atomic E-state index is 0.752. The Kier molecular flexibility index (Phi) is 3.57. The van der Waals surface area contributed by atoms with E-state index in [9.17, 15) is 0 Å². The van der Waals surface area contributed by atoms with Gasteiger partial charge in [0.05, 0.1) is 12.1 Å². The fourth-order valence-corrected chi connectivity index (χ4v) is 3.20. The maximum atomic E-state index is 4.75. The predicted octanol–water partition coefficient (Wildman–Crippen LogP) is 2.39. The summed E-state index contributed by atoms with van der Waals surface area (Å²) in [5, 5.41) is 6.55. The number of thiazole rings is 1. The number of nitrogens with one attached hydrogen (secondary N) is 1. The van der Waals surface area contributed by atoms with Crippen LogP contribution in [0.1, 0.15) is 46.8 Å². The van der Waals surface area contributed by atoms with E-state index in [0.717, 1.165) is 48.9 Å². The van der Waals surface area contributed by atoms with Crippen molar-refractivity contribution in [2.24, 2.45) is 0 Å². The van der Waals surface area contributed by atoms with E-state index in [2.05, 4.69) is 22.6 Å². The number of rotatable bonds is 4. The molecule has 3 heterocycles. The van der Waals surface area contributed by atoms with Crippen molar-refractivity contribution in [3.8, 4) is 0 Å². The summed E-state index contributed by atoms with van der Waals surface area (Å²) in [7, 11) is 0. The molecule has 0 saturated heterocycles. The highest BCUT2D eigenvalue weighted by atomic mass is 32.1. The van der Waals surface area contributed by atoms with Gasteiger partial charge in [0.25, 0.3) is 0 Å². The smallest absolute Gasteiger partial charge is 0.135 e. The van der Waals surface area contributed by atoms with Gasteiger partial charge in [-0.15, -0.1) is 11.3 Å². The van der Waals surface area contributed by atoms with Gasteiger partial charge in [0, 0.05) is 35.4 Å². The van der Waals surface area contributed by atoms with Crippen LogP contribution in [0.25, 0.3) is 0 Å². The van der Waals surface area contributed by atoms with Crippen molar-refractivity contribution in [1.29, 1.82) is 0 Å². The summed E-state index contributed by atoms with van der Waals surface area (Å²) in [6, 6.07) is 0. The minimum Gasteiger partial charge on any atom is -0.307 e. The Morgan fingerprint density at radius 3 is 2.89 bits per heavy atom. The zero-order chi connectivity index (χ0) is 13.2. The van der Waals surface area contributed by atoms with Crippen molar-refractivity contribution in [3.63, 3.8) is 0 Å². The van der Waals surface area contributed by atoms with Crippen LogP contribution in [0.15, 0.2) is 5.38 Å². The molecule has 4 nitrogen and oxygen atoms in total. The van der Waals surface area contributed by atoms with Gasteiger partial charge in [-0.05, 0) is 13.3 Å². The third-order valence-corrected chi connectivity index (χ3v) is 4.25. The lowest BCUT2D eigenvalue weighted by atomic mass is 10.1. The maximum absolute atomic E-state index is 4.75. The standard InChI is InChI=1S/C14H18N4S/c1-3-4-11-10-6-15-7-12(10)18-13(17-11)5-14-16-9(2)8-19-14/h8,15H,3-7H2,1-2H3. The summed E-state index contributed by atoms with van der Waals surface area (Å²) in [5.41, 5.74) is 4.81. The van der Waals surface area contributed by atoms with Gasteiger partial charge in [-0.25, -0.2) is 15.0 Å². The average Bonchev–Trinajstić information content (AvgIpc) is 2.99. The first-order valence-corrected chi connectivity index (χ1v) is 7.63. The molecule has 100 valence electrons. The van der Waals surface area contributed by atoms with Gasteiger partial charge in [0.2, 0.25) is 0 Å². The van der Waals surface area contributed by atoms with Gasteiger partial charge in [-0.3, -0.25) is 0 Å². The van der Waals surface area contributed by atoms with Gasteiger partial charge < -0.3 is 5.32 Å². The summed E-state index contributed by atoms with van der Waals surface area (Å²) >= 11 is 1.69. The molecule has 0 radical (unpaired) electrons. The highest BCUT2D eigenvalue weighted by Gasteiger charge is 2.18. The molecule has 0 fully saturated rings. The fourth-order valence-electron chi connectivity index (χ4n) is 2.44. The number of hydrogen-bond donors (Lipinski definition) is 1. The second kappa shape index (κ2) is 5.35. The van der Waals surface area contributed by atoms with Crippen molar-refractivity contribution in [1.82, 2.24) is 20.3 Å². The molecule has 3 rings (SSSR count). The van der Waals surface area contributed by atoms with Crippen molar-refractivity contribution >= 4 is 11.3 Å². The summed E-state index contributed by atoms with van der Waals surface area (Å²) < 4.78 is 0. The van der Waals surface area contributed by atoms with Crippen LogP contribution in [-0.2, 0) is 25.9 Å². The summed E-state index contributed by atoms with van der Waals surface area (Å²) in [6.45, 7) is 6.01. The molecule has 1 aliphatic rings. The topological polar surface area (TPSA) is 50.7 Å². The Morgan fingerprint density at radius 2 is 2.16 bits per heavy atom. The summed E-state index contributed by atoms with van der Waals surface area (Å²) in [6.07, 6.45) is 2.91. The number of aromatic nitrogens is 3. The van der Waals surface area contributed by atoms with Crippen LogP contribution < -0.4 is 5.32 Å². The Morgan fingerprint density at radius 1 is 1.26 bits per heavy atom. The molecular weight excluding hydrogens is 256 g/mol. The molecule has 5 heteroatoms. The first kappa shape index (κ1) is 12.7. The van der Waals surface area contributed by atoms with E-state index in [1.807, 2.05) is 6.92 Å². The molecule has 2 aromatic heterocycles. The second-order valence-electron chi connectivity index (χ2n) is 4.92. The van der Waals surface area contributed by atoms with Crippen LogP contribution in [0, 0.1) is 6.92 Å². The molecule has 1 N–H and O–H groups in total. The van der Waals surface area contributed by atoms with Crippen LogP contribution in [0.3, 0.4) is 0 Å². The number of hydrogen-bond acceptors (Lipinski definition) is 5. The molecule has 0 aromatic carbocycles. The van der Waals surface area contributed by atoms with E-state index in [0.29, 0.717) is 0 Å². The van der Waals surface area contributed by atoms with Crippen LogP contribution in [0.4, 0.5) is 0 Å². The Labute approximate surface area is 117 Å². The quantitative estimate of drug-likeness (QED) is 0.930. The van der Waals surface area contributed by atoms with E-state index >= 15 is 0 Å². The molecule has 0 spiro atoms. The third kappa shape index (κ3) is 2.67. The lowest BCUT2D eigenvalue weighted by molar-refractivity contribution is 0.753. The number of nitrogens with zero attached hydrogens (tertiary/aromatic N) is 3. The highest BCUT2D eigenvalue weighted by molar-refractivity contribution is 7.09. The summed E-state index contributed by atoms with van der Waals surface area (Å²) in [4.78, 5) is 13.9. The molecular formula is C14H18N4S. The van der Waals surface area contributed by atoms with Crippen LogP contribution in [0.5, 0.6) is 0 Å². The molecule has 0 bridgehead atoms. The lowest BCUT2D eigenvalue weighted by Gasteiger charge is -2.08. The Hall–Kier alpha value is -1.33. The molecule has 2 aromatic rings. The largest absolute Gasteiger partial charge is 0.307 e. The van der Waals surface area contributed by atoms with E-state index in [1.54, 1.807) is 11.3 Å². The predicted molar refractivity (Wildman–Crippen MR) is 76.2 cm³/mol. The molecule has 0 unspecified atom stereocenters. The van der Waals surface area contributed by atoms with Crippen molar-refractivity contribution in [2.75, 3.05) is 0 Å². The Balaban J connectivity index is 1.91. The minimum absolute atomic E-state index is 0.752. The lowest BCUT2D eigenvalue weighted by Crippen LogP contribution is -2.06. The van der Waals surface area contributed by atoms with Gasteiger partial charge in [-0.2, -0.15) is 0 Å². The van der Waals surface area contributed by atoms with Gasteiger partial charge in [0.15, 0.2) is 0 Å². The molecule has 0 aliphatic carbocycles. The Bertz CT molecular complexity index is 591. The number of fused-ring (bicyclic) bond motifs is 1. The number of aryl methyl sites for hydroxylation is 2. The SMILES string of the molecule is CCCc1nc(Cc2nc(C)cs2)nc2c1CNC2. The summed E-state index contributed by atoms with van der Waals surface area (Å²) in [5.74, 6) is 0.917. The average molecular weight is 274 g/mol. The van der Waals surface area contributed by atoms with Gasteiger partial charge >= 0.3 is 0 Å². The monoisotopic (exact) mass is 274 g/mol. The van der Waals surface area contributed by atoms with Crippen LogP contribution >= 0.6 is 11.3 Å². The van der Waals surface area contributed by atoms with E-state index in [4.69, 9.17) is 9.97 Å². The first-order chi connectivity index (χ1) is 9.26. The van der Waals surface area contributed by atoms with Crippen molar-refractivity contribution in [2.45, 2.75) is 46.2 Å². The molecule has 0 atom stereocenters. The normalized spacial score (nSPS) is 13.8. The zero-order valence-corrected chi connectivity index (χ0v) is 12.2. The maximum Gasteiger partial charge on any atom is 0.135 e. The first-order valence-electron chi connectivity index (χ1n) is 6.75. The molecule has 19 heavy (non-hydrogen) atoms. The van der Waals surface area contributed by atoms with E-state index < -0.39 is 0 Å². The second-order valence-corrected chi connectivity index (χ2v) is 5.87. The van der Waals surface area contributed by atoms with Crippen molar-refractivity contribution < 1.29 is 0 Å². The van der Waals surface area contributed by atoms with Crippen LogP contribution in [-0.4, -0.2) is 15.0 Å². The van der Waals surface area contributed by atoms with Gasteiger partial charge in [0.1, 0.15) is 10.8 Å². The molecule has 1 aliphatic heterocycles. The van der Waals surface area contributed by atoms with E-state index in [1.165, 1.54) is 17.0 Å².